The third-order valence-electron chi connectivity index (χ3n) is 3.60. The summed E-state index contributed by atoms with van der Waals surface area (Å²) in [6.07, 6.45) is 0.868. The van der Waals surface area contributed by atoms with Crippen molar-refractivity contribution in [2.45, 2.75) is 45.3 Å². The SMILES string of the molecule is CCC(C)(CC)NCC(O)c1ccc(F)cc1F. The monoisotopic (exact) mass is 257 g/mol. The molecule has 0 fully saturated rings. The zero-order valence-corrected chi connectivity index (χ0v) is 11.1. The fourth-order valence-electron chi connectivity index (χ4n) is 1.72. The lowest BCUT2D eigenvalue weighted by Crippen LogP contribution is -2.43. The van der Waals surface area contributed by atoms with Crippen molar-refractivity contribution >= 4 is 0 Å². The van der Waals surface area contributed by atoms with Gasteiger partial charge in [-0.15, -0.1) is 0 Å². The van der Waals surface area contributed by atoms with Crippen LogP contribution in [0, 0.1) is 11.6 Å². The van der Waals surface area contributed by atoms with Gasteiger partial charge in [-0.2, -0.15) is 0 Å². The Balaban J connectivity index is 2.68. The van der Waals surface area contributed by atoms with Gasteiger partial charge in [0.2, 0.25) is 0 Å². The number of aliphatic hydroxyl groups is 1. The Bertz CT molecular complexity index is 391. The molecule has 4 heteroatoms. The second kappa shape index (κ2) is 6.25. The number of aliphatic hydroxyl groups excluding tert-OH is 1. The lowest BCUT2D eigenvalue weighted by Gasteiger charge is -2.29. The van der Waals surface area contributed by atoms with Crippen LogP contribution < -0.4 is 5.32 Å². The van der Waals surface area contributed by atoms with Crippen LogP contribution in [-0.2, 0) is 0 Å². The first kappa shape index (κ1) is 15.1. The molecule has 18 heavy (non-hydrogen) atoms. The molecule has 0 saturated heterocycles. The number of halogens is 2. The molecule has 0 spiro atoms. The van der Waals surface area contributed by atoms with Gasteiger partial charge in [0, 0.05) is 23.7 Å². The van der Waals surface area contributed by atoms with Gasteiger partial charge in [0.05, 0.1) is 6.10 Å². The van der Waals surface area contributed by atoms with Crippen molar-refractivity contribution in [3.05, 3.63) is 35.4 Å². The molecule has 102 valence electrons. The first-order valence-corrected chi connectivity index (χ1v) is 6.30. The van der Waals surface area contributed by atoms with E-state index in [9.17, 15) is 13.9 Å². The van der Waals surface area contributed by atoms with Gasteiger partial charge in [-0.05, 0) is 25.8 Å². The van der Waals surface area contributed by atoms with E-state index in [1.54, 1.807) is 0 Å². The topological polar surface area (TPSA) is 32.3 Å². The summed E-state index contributed by atoms with van der Waals surface area (Å²) >= 11 is 0. The fourth-order valence-corrected chi connectivity index (χ4v) is 1.72. The van der Waals surface area contributed by atoms with Gasteiger partial charge >= 0.3 is 0 Å². The zero-order valence-electron chi connectivity index (χ0n) is 11.1. The highest BCUT2D eigenvalue weighted by Gasteiger charge is 2.21. The molecule has 0 saturated carbocycles. The van der Waals surface area contributed by atoms with Gasteiger partial charge in [-0.3, -0.25) is 0 Å². The van der Waals surface area contributed by atoms with Gasteiger partial charge in [0.15, 0.2) is 0 Å². The van der Waals surface area contributed by atoms with Crippen LogP contribution in [0.3, 0.4) is 0 Å². The Hall–Kier alpha value is -1.00. The second-order valence-electron chi connectivity index (χ2n) is 4.83. The zero-order chi connectivity index (χ0) is 13.8. The predicted molar refractivity (Wildman–Crippen MR) is 68.3 cm³/mol. The first-order chi connectivity index (χ1) is 8.41. The smallest absolute Gasteiger partial charge is 0.131 e. The summed E-state index contributed by atoms with van der Waals surface area (Å²) in [7, 11) is 0. The molecule has 0 aliphatic rings. The van der Waals surface area contributed by atoms with Crippen molar-refractivity contribution < 1.29 is 13.9 Å². The standard InChI is InChI=1S/C14H21F2NO/c1-4-14(3,5-2)17-9-13(18)11-7-6-10(15)8-12(11)16/h6-8,13,17-18H,4-5,9H2,1-3H3. The summed E-state index contributed by atoms with van der Waals surface area (Å²) in [6.45, 7) is 6.42. The van der Waals surface area contributed by atoms with E-state index in [-0.39, 0.29) is 17.6 Å². The van der Waals surface area contributed by atoms with Crippen molar-refractivity contribution in [1.82, 2.24) is 5.32 Å². The third-order valence-corrected chi connectivity index (χ3v) is 3.60. The van der Waals surface area contributed by atoms with E-state index in [0.717, 1.165) is 25.0 Å². The molecule has 0 amide bonds. The molecule has 2 N–H and O–H groups in total. The molecule has 0 radical (unpaired) electrons. The quantitative estimate of drug-likeness (QED) is 0.820. The highest BCUT2D eigenvalue weighted by atomic mass is 19.1. The summed E-state index contributed by atoms with van der Waals surface area (Å²) in [5, 5.41) is 13.1. The number of benzene rings is 1. The van der Waals surface area contributed by atoms with Gasteiger partial charge in [-0.25, -0.2) is 8.78 Å². The Morgan fingerprint density at radius 3 is 2.39 bits per heavy atom. The normalized spacial score (nSPS) is 13.7. The van der Waals surface area contributed by atoms with Crippen LogP contribution in [0.15, 0.2) is 18.2 Å². The van der Waals surface area contributed by atoms with E-state index in [2.05, 4.69) is 26.1 Å². The summed E-state index contributed by atoms with van der Waals surface area (Å²) in [5.74, 6) is -1.35. The summed E-state index contributed by atoms with van der Waals surface area (Å²) in [4.78, 5) is 0. The molecule has 0 aliphatic heterocycles. The van der Waals surface area contributed by atoms with Crippen LogP contribution in [0.4, 0.5) is 8.78 Å². The molecule has 1 atom stereocenters. The molecule has 0 aliphatic carbocycles. The van der Waals surface area contributed by atoms with Crippen LogP contribution in [-0.4, -0.2) is 17.2 Å². The lowest BCUT2D eigenvalue weighted by atomic mass is 9.95. The molecule has 2 nitrogen and oxygen atoms in total. The minimum Gasteiger partial charge on any atom is -0.387 e. The number of rotatable bonds is 6. The maximum Gasteiger partial charge on any atom is 0.131 e. The number of hydrogen-bond acceptors (Lipinski definition) is 2. The highest BCUT2D eigenvalue weighted by molar-refractivity contribution is 5.21. The van der Waals surface area contributed by atoms with Gasteiger partial charge in [0.25, 0.3) is 0 Å². The summed E-state index contributed by atoms with van der Waals surface area (Å²) < 4.78 is 26.2. The molecule has 0 bridgehead atoms. The predicted octanol–water partition coefficient (Wildman–Crippen LogP) is 3.17. The Kier molecular flexibility index (Phi) is 5.23. The molecular formula is C14H21F2NO. The van der Waals surface area contributed by atoms with Gasteiger partial charge in [0.1, 0.15) is 11.6 Å². The minimum atomic E-state index is -0.969. The van der Waals surface area contributed by atoms with Crippen molar-refractivity contribution in [2.24, 2.45) is 0 Å². The number of hydrogen-bond donors (Lipinski definition) is 2. The van der Waals surface area contributed by atoms with Crippen LogP contribution in [0.25, 0.3) is 0 Å². The van der Waals surface area contributed by atoms with Gasteiger partial charge in [-0.1, -0.05) is 19.9 Å². The summed E-state index contributed by atoms with van der Waals surface area (Å²) in [6, 6.07) is 3.23. The third kappa shape index (κ3) is 3.75. The maximum atomic E-state index is 13.5. The Morgan fingerprint density at radius 1 is 1.28 bits per heavy atom. The molecule has 1 unspecified atom stereocenters. The van der Waals surface area contributed by atoms with Gasteiger partial charge < -0.3 is 10.4 Å². The van der Waals surface area contributed by atoms with Crippen LogP contribution in [0.1, 0.15) is 45.3 Å². The second-order valence-corrected chi connectivity index (χ2v) is 4.83. The average molecular weight is 257 g/mol. The highest BCUT2D eigenvalue weighted by Crippen LogP contribution is 2.20. The van der Waals surface area contributed by atoms with Crippen LogP contribution in [0.5, 0.6) is 0 Å². The average Bonchev–Trinajstić information content (AvgIpc) is 2.35. The van der Waals surface area contributed by atoms with Crippen molar-refractivity contribution in [2.75, 3.05) is 6.54 Å². The largest absolute Gasteiger partial charge is 0.387 e. The number of β-amino-alcohol motifs (C(OH)–C–C–N with tert-alkyl or cyclic N) is 1. The van der Waals surface area contributed by atoms with Crippen molar-refractivity contribution in [3.8, 4) is 0 Å². The molecule has 1 rings (SSSR count). The minimum absolute atomic E-state index is 0.0719. The van der Waals surface area contributed by atoms with Crippen molar-refractivity contribution in [3.63, 3.8) is 0 Å². The van der Waals surface area contributed by atoms with Crippen LogP contribution in [0.2, 0.25) is 0 Å². The van der Waals surface area contributed by atoms with E-state index in [1.165, 1.54) is 6.07 Å². The first-order valence-electron chi connectivity index (χ1n) is 6.30. The molecule has 0 aromatic heterocycles. The van der Waals surface area contributed by atoms with E-state index in [4.69, 9.17) is 0 Å². The van der Waals surface area contributed by atoms with E-state index >= 15 is 0 Å². The Labute approximate surface area is 107 Å². The lowest BCUT2D eigenvalue weighted by molar-refractivity contribution is 0.152. The van der Waals surface area contributed by atoms with E-state index in [0.29, 0.717) is 0 Å². The molecule has 1 aromatic rings. The van der Waals surface area contributed by atoms with Crippen LogP contribution >= 0.6 is 0 Å². The Morgan fingerprint density at radius 2 is 1.89 bits per heavy atom. The van der Waals surface area contributed by atoms with E-state index < -0.39 is 17.7 Å². The summed E-state index contributed by atoms with van der Waals surface area (Å²) in [5.41, 5.74) is 0.0516. The van der Waals surface area contributed by atoms with E-state index in [1.807, 2.05) is 0 Å². The van der Waals surface area contributed by atoms with Crippen molar-refractivity contribution in [1.29, 1.82) is 0 Å². The molecule has 1 aromatic carbocycles. The maximum absolute atomic E-state index is 13.5. The number of nitrogens with one attached hydrogen (secondary N) is 1. The molecule has 0 heterocycles. The fraction of sp³-hybridized carbons (Fsp3) is 0.571. The molecular weight excluding hydrogens is 236 g/mol.